The van der Waals surface area contributed by atoms with Crippen LogP contribution >= 0.6 is 0 Å². The Morgan fingerprint density at radius 2 is 2.38 bits per heavy atom. The molecule has 0 aliphatic rings. The molecule has 4 nitrogen and oxygen atoms in total. The van der Waals surface area contributed by atoms with E-state index in [9.17, 15) is 0 Å². The lowest BCUT2D eigenvalue weighted by Crippen LogP contribution is -1.96. The van der Waals surface area contributed by atoms with Crippen molar-refractivity contribution in [1.29, 1.82) is 5.26 Å². The van der Waals surface area contributed by atoms with E-state index in [0.29, 0.717) is 23.8 Å². The van der Waals surface area contributed by atoms with Gasteiger partial charge in [0.15, 0.2) is 0 Å². The van der Waals surface area contributed by atoms with Crippen LogP contribution in [0.4, 0.5) is 0 Å². The molecular weight excluding hydrogens is 168 g/mol. The Kier molecular flexibility index (Phi) is 3.09. The maximum Gasteiger partial charge on any atom is 0.217 e. The summed E-state index contributed by atoms with van der Waals surface area (Å²) in [5.74, 6) is 0.958. The highest BCUT2D eigenvalue weighted by atomic mass is 16.5. The second-order valence-electron chi connectivity index (χ2n) is 2.27. The van der Waals surface area contributed by atoms with Crippen molar-refractivity contribution in [2.45, 2.75) is 6.92 Å². The summed E-state index contributed by atoms with van der Waals surface area (Å²) in [7, 11) is 1.51. The van der Waals surface area contributed by atoms with Gasteiger partial charge < -0.3 is 9.47 Å². The van der Waals surface area contributed by atoms with Gasteiger partial charge in [0, 0.05) is 6.07 Å². The first kappa shape index (κ1) is 9.33. The number of methoxy groups -OCH3 is 1. The van der Waals surface area contributed by atoms with Gasteiger partial charge >= 0.3 is 0 Å². The Morgan fingerprint density at radius 1 is 1.62 bits per heavy atom. The Labute approximate surface area is 76.7 Å². The summed E-state index contributed by atoms with van der Waals surface area (Å²) in [6.07, 6.45) is 1.43. The molecule has 1 aromatic rings. The molecule has 0 aliphatic heterocycles. The Hall–Kier alpha value is -1.76. The first-order chi connectivity index (χ1) is 6.31. The molecule has 1 aromatic heterocycles. The standard InChI is InChI=1S/C9H10N2O2/c1-3-13-9-4-8(12-2)7(5-10)6-11-9/h4,6H,3H2,1-2H3. The summed E-state index contributed by atoms with van der Waals surface area (Å²) in [4.78, 5) is 3.92. The summed E-state index contributed by atoms with van der Waals surface area (Å²) in [6.45, 7) is 2.41. The smallest absolute Gasteiger partial charge is 0.217 e. The fourth-order valence-corrected chi connectivity index (χ4v) is 0.899. The lowest BCUT2D eigenvalue weighted by Gasteiger charge is -2.05. The fourth-order valence-electron chi connectivity index (χ4n) is 0.899. The molecule has 0 N–H and O–H groups in total. The molecule has 0 fully saturated rings. The van der Waals surface area contributed by atoms with Gasteiger partial charge in [-0.05, 0) is 6.92 Å². The normalized spacial score (nSPS) is 9.00. The Morgan fingerprint density at radius 3 is 2.92 bits per heavy atom. The highest BCUT2D eigenvalue weighted by Crippen LogP contribution is 2.20. The van der Waals surface area contributed by atoms with Crippen molar-refractivity contribution >= 4 is 0 Å². The molecule has 4 heteroatoms. The van der Waals surface area contributed by atoms with E-state index in [-0.39, 0.29) is 0 Å². The van der Waals surface area contributed by atoms with Crippen LogP contribution in [0, 0.1) is 11.3 Å². The van der Waals surface area contributed by atoms with E-state index in [0.717, 1.165) is 0 Å². The monoisotopic (exact) mass is 178 g/mol. The number of rotatable bonds is 3. The van der Waals surface area contributed by atoms with Crippen molar-refractivity contribution in [2.24, 2.45) is 0 Å². The van der Waals surface area contributed by atoms with Crippen LogP contribution < -0.4 is 9.47 Å². The molecule has 0 radical (unpaired) electrons. The summed E-state index contributed by atoms with van der Waals surface area (Å²) >= 11 is 0. The van der Waals surface area contributed by atoms with E-state index in [2.05, 4.69) is 4.98 Å². The highest BCUT2D eigenvalue weighted by molar-refractivity contribution is 5.43. The van der Waals surface area contributed by atoms with Crippen molar-refractivity contribution in [1.82, 2.24) is 4.98 Å². The second kappa shape index (κ2) is 4.31. The van der Waals surface area contributed by atoms with Crippen LogP contribution in [0.5, 0.6) is 11.6 Å². The number of nitrogens with zero attached hydrogens (tertiary/aromatic N) is 2. The van der Waals surface area contributed by atoms with E-state index in [1.54, 1.807) is 6.07 Å². The molecular formula is C9H10N2O2. The third kappa shape index (κ3) is 2.09. The van der Waals surface area contributed by atoms with Gasteiger partial charge in [0.05, 0.1) is 19.9 Å². The van der Waals surface area contributed by atoms with Gasteiger partial charge in [-0.15, -0.1) is 0 Å². The quantitative estimate of drug-likeness (QED) is 0.701. The number of pyridine rings is 1. The van der Waals surface area contributed by atoms with Crippen LogP contribution in [-0.4, -0.2) is 18.7 Å². The van der Waals surface area contributed by atoms with Crippen molar-refractivity contribution in [3.05, 3.63) is 17.8 Å². The lowest BCUT2D eigenvalue weighted by molar-refractivity contribution is 0.322. The van der Waals surface area contributed by atoms with Crippen molar-refractivity contribution in [3.8, 4) is 17.7 Å². The predicted molar refractivity (Wildman–Crippen MR) is 46.7 cm³/mol. The molecule has 68 valence electrons. The summed E-state index contributed by atoms with van der Waals surface area (Å²) in [5.41, 5.74) is 0.408. The van der Waals surface area contributed by atoms with Gasteiger partial charge in [0.1, 0.15) is 17.4 Å². The van der Waals surface area contributed by atoms with Crippen LogP contribution in [0.25, 0.3) is 0 Å². The third-order valence-corrected chi connectivity index (χ3v) is 1.47. The topological polar surface area (TPSA) is 55.1 Å². The highest BCUT2D eigenvalue weighted by Gasteiger charge is 2.04. The van der Waals surface area contributed by atoms with E-state index >= 15 is 0 Å². The molecule has 0 saturated carbocycles. The number of ether oxygens (including phenoxy) is 2. The second-order valence-corrected chi connectivity index (χ2v) is 2.27. The van der Waals surface area contributed by atoms with Crippen LogP contribution in [0.2, 0.25) is 0 Å². The lowest BCUT2D eigenvalue weighted by atomic mass is 10.3. The maximum absolute atomic E-state index is 8.66. The molecule has 0 atom stereocenters. The SMILES string of the molecule is CCOc1cc(OC)c(C#N)cn1. The van der Waals surface area contributed by atoms with Gasteiger partial charge in [0.2, 0.25) is 5.88 Å². The first-order valence-electron chi connectivity index (χ1n) is 3.88. The van der Waals surface area contributed by atoms with Crippen LogP contribution in [-0.2, 0) is 0 Å². The van der Waals surface area contributed by atoms with Crippen molar-refractivity contribution < 1.29 is 9.47 Å². The largest absolute Gasteiger partial charge is 0.495 e. The molecule has 1 rings (SSSR count). The minimum absolute atomic E-state index is 0.408. The summed E-state index contributed by atoms with van der Waals surface area (Å²) < 4.78 is 10.1. The molecule has 13 heavy (non-hydrogen) atoms. The van der Waals surface area contributed by atoms with Crippen molar-refractivity contribution in [3.63, 3.8) is 0 Å². The zero-order valence-electron chi connectivity index (χ0n) is 7.57. The van der Waals surface area contributed by atoms with Crippen LogP contribution in [0.15, 0.2) is 12.3 Å². The first-order valence-corrected chi connectivity index (χ1v) is 3.88. The van der Waals surface area contributed by atoms with E-state index in [1.165, 1.54) is 13.3 Å². The zero-order chi connectivity index (χ0) is 9.68. The Balaban J connectivity index is 3.00. The number of hydrogen-bond acceptors (Lipinski definition) is 4. The molecule has 0 saturated heterocycles. The van der Waals surface area contributed by atoms with Gasteiger partial charge in [-0.2, -0.15) is 5.26 Å². The minimum atomic E-state index is 0.408. The number of aromatic nitrogens is 1. The van der Waals surface area contributed by atoms with Gasteiger partial charge in [-0.25, -0.2) is 4.98 Å². The molecule has 0 spiro atoms. The van der Waals surface area contributed by atoms with E-state index < -0.39 is 0 Å². The molecule has 0 aliphatic carbocycles. The molecule has 0 unspecified atom stereocenters. The number of hydrogen-bond donors (Lipinski definition) is 0. The molecule has 1 heterocycles. The average Bonchev–Trinajstić information content (AvgIpc) is 2.18. The zero-order valence-corrected chi connectivity index (χ0v) is 7.57. The molecule has 0 amide bonds. The van der Waals surface area contributed by atoms with Gasteiger partial charge in [-0.3, -0.25) is 0 Å². The van der Waals surface area contributed by atoms with E-state index in [4.69, 9.17) is 14.7 Å². The minimum Gasteiger partial charge on any atom is -0.495 e. The van der Waals surface area contributed by atoms with Crippen molar-refractivity contribution in [2.75, 3.05) is 13.7 Å². The fraction of sp³-hybridized carbons (Fsp3) is 0.333. The van der Waals surface area contributed by atoms with E-state index in [1.807, 2.05) is 13.0 Å². The summed E-state index contributed by atoms with van der Waals surface area (Å²) in [5, 5.41) is 8.66. The third-order valence-electron chi connectivity index (χ3n) is 1.47. The predicted octanol–water partition coefficient (Wildman–Crippen LogP) is 1.36. The van der Waals surface area contributed by atoms with Gasteiger partial charge in [-0.1, -0.05) is 0 Å². The summed E-state index contributed by atoms with van der Waals surface area (Å²) in [6, 6.07) is 3.57. The van der Waals surface area contributed by atoms with Gasteiger partial charge in [0.25, 0.3) is 0 Å². The average molecular weight is 178 g/mol. The molecule has 0 aromatic carbocycles. The van der Waals surface area contributed by atoms with Crippen LogP contribution in [0.1, 0.15) is 12.5 Å². The molecule has 0 bridgehead atoms. The Bertz CT molecular complexity index is 331. The maximum atomic E-state index is 8.66. The van der Waals surface area contributed by atoms with Crippen LogP contribution in [0.3, 0.4) is 0 Å². The number of nitriles is 1.